The third-order valence-corrected chi connectivity index (χ3v) is 5.91. The van der Waals surface area contributed by atoms with Crippen LogP contribution in [0.3, 0.4) is 0 Å². The Bertz CT molecular complexity index is 1410. The normalized spacial score (nSPS) is 14.1. The number of nitrogens with zero attached hydrogens (tertiary/aromatic N) is 8. The number of amides is 1. The van der Waals surface area contributed by atoms with Gasteiger partial charge in [-0.05, 0) is 42.8 Å². The minimum atomic E-state index is -0.452. The molecule has 11 heteroatoms. The molecule has 35 heavy (non-hydrogen) atoms. The Labute approximate surface area is 200 Å². The van der Waals surface area contributed by atoms with E-state index in [4.69, 9.17) is 0 Å². The summed E-state index contributed by atoms with van der Waals surface area (Å²) in [7, 11) is 0. The van der Waals surface area contributed by atoms with E-state index >= 15 is 0 Å². The quantitative estimate of drug-likeness (QED) is 0.248. The first-order chi connectivity index (χ1) is 17.0. The smallest absolute Gasteiger partial charge is 0.269 e. The highest BCUT2D eigenvalue weighted by molar-refractivity contribution is 5.92. The fourth-order valence-electron chi connectivity index (χ4n) is 3.95. The number of carbonyl (C=O) groups is 1. The fraction of sp³-hybridized carbons (Fsp3) is 0.208. The van der Waals surface area contributed by atoms with Crippen LogP contribution in [-0.2, 0) is 4.79 Å². The second kappa shape index (κ2) is 9.29. The maximum atomic E-state index is 12.6. The van der Waals surface area contributed by atoms with Gasteiger partial charge in [-0.25, -0.2) is 9.97 Å². The number of carbonyl (C=O) groups excluding carboxylic acids is 1. The SMILES string of the molecule is Cc1ccc(-n2nnc3c(N4CCN(C(=O)C=Cc5ccc([N+](=O)[O-])cc5)CC4)ncnc32)cc1. The molecule has 176 valence electrons. The van der Waals surface area contributed by atoms with Crippen LogP contribution in [0.5, 0.6) is 0 Å². The van der Waals surface area contributed by atoms with Crippen molar-refractivity contribution in [3.05, 3.63) is 82.2 Å². The van der Waals surface area contributed by atoms with E-state index in [1.807, 2.05) is 31.2 Å². The van der Waals surface area contributed by atoms with Gasteiger partial charge in [-0.15, -0.1) is 5.10 Å². The Morgan fingerprint density at radius 1 is 1.00 bits per heavy atom. The standard InChI is InChI=1S/C24H22N8O3/c1-17-2-7-19(8-3-17)31-24-22(27-28-31)23(25-16-26-24)30-14-12-29(13-15-30)21(33)11-6-18-4-9-20(10-5-18)32(34)35/h2-11,16H,12-15H2,1H3. The fourth-order valence-corrected chi connectivity index (χ4v) is 3.95. The van der Waals surface area contributed by atoms with Crippen LogP contribution in [-0.4, -0.2) is 66.9 Å². The van der Waals surface area contributed by atoms with Gasteiger partial charge in [-0.1, -0.05) is 22.9 Å². The topological polar surface area (TPSA) is 123 Å². The minimum Gasteiger partial charge on any atom is -0.351 e. The first-order valence-electron chi connectivity index (χ1n) is 11.1. The van der Waals surface area contributed by atoms with Crippen LogP contribution in [0.1, 0.15) is 11.1 Å². The molecular formula is C24H22N8O3. The van der Waals surface area contributed by atoms with E-state index in [0.717, 1.165) is 16.8 Å². The van der Waals surface area contributed by atoms with E-state index in [9.17, 15) is 14.9 Å². The molecule has 2 aromatic heterocycles. The van der Waals surface area contributed by atoms with Gasteiger partial charge in [0.25, 0.3) is 5.69 Å². The van der Waals surface area contributed by atoms with Crippen molar-refractivity contribution in [1.82, 2.24) is 29.9 Å². The number of hydrogen-bond acceptors (Lipinski definition) is 8. The maximum absolute atomic E-state index is 12.6. The molecule has 2 aromatic carbocycles. The van der Waals surface area contributed by atoms with Gasteiger partial charge in [0, 0.05) is 44.4 Å². The number of fused-ring (bicyclic) bond motifs is 1. The molecule has 0 N–H and O–H groups in total. The Kier molecular flexibility index (Phi) is 5.88. The molecule has 0 spiro atoms. The Hall–Kier alpha value is -4.67. The Morgan fingerprint density at radius 2 is 1.71 bits per heavy atom. The van der Waals surface area contributed by atoms with Gasteiger partial charge in [0.05, 0.1) is 10.6 Å². The molecule has 0 aliphatic carbocycles. The zero-order chi connectivity index (χ0) is 24.4. The van der Waals surface area contributed by atoms with Gasteiger partial charge in [0.15, 0.2) is 17.0 Å². The molecule has 0 radical (unpaired) electrons. The summed E-state index contributed by atoms with van der Waals surface area (Å²) in [5.41, 5.74) is 4.01. The molecular weight excluding hydrogens is 448 g/mol. The number of rotatable bonds is 5. The lowest BCUT2D eigenvalue weighted by atomic mass is 10.2. The molecule has 1 saturated heterocycles. The number of aryl methyl sites for hydroxylation is 1. The summed E-state index contributed by atoms with van der Waals surface area (Å²) < 4.78 is 1.70. The number of piperazine rings is 1. The molecule has 0 unspecified atom stereocenters. The first-order valence-corrected chi connectivity index (χ1v) is 11.1. The number of aromatic nitrogens is 5. The van der Waals surface area contributed by atoms with Gasteiger partial charge in [0.1, 0.15) is 6.33 Å². The van der Waals surface area contributed by atoms with Crippen LogP contribution in [0.2, 0.25) is 0 Å². The van der Waals surface area contributed by atoms with Crippen molar-refractivity contribution in [1.29, 1.82) is 0 Å². The lowest BCUT2D eigenvalue weighted by molar-refractivity contribution is -0.384. The van der Waals surface area contributed by atoms with Gasteiger partial charge in [-0.3, -0.25) is 14.9 Å². The summed E-state index contributed by atoms with van der Waals surface area (Å²) in [6, 6.07) is 14.0. The summed E-state index contributed by atoms with van der Waals surface area (Å²) in [5.74, 6) is 0.586. The number of non-ortho nitro benzene ring substituents is 1. The summed E-state index contributed by atoms with van der Waals surface area (Å²) in [6.07, 6.45) is 4.67. The molecule has 0 atom stereocenters. The highest BCUT2D eigenvalue weighted by Gasteiger charge is 2.24. The Balaban J connectivity index is 1.26. The van der Waals surface area contributed by atoms with E-state index in [0.29, 0.717) is 43.2 Å². The van der Waals surface area contributed by atoms with Crippen LogP contribution in [0.25, 0.3) is 22.9 Å². The summed E-state index contributed by atoms with van der Waals surface area (Å²) in [6.45, 7) is 4.28. The predicted octanol–water partition coefficient (Wildman–Crippen LogP) is 2.79. The van der Waals surface area contributed by atoms with E-state index in [1.54, 1.807) is 27.8 Å². The van der Waals surface area contributed by atoms with Crippen molar-refractivity contribution in [3.8, 4) is 5.69 Å². The van der Waals surface area contributed by atoms with E-state index in [2.05, 4.69) is 25.2 Å². The molecule has 1 fully saturated rings. The van der Waals surface area contributed by atoms with Crippen LogP contribution in [0.15, 0.2) is 60.9 Å². The molecule has 5 rings (SSSR count). The average Bonchev–Trinajstić information content (AvgIpc) is 3.32. The van der Waals surface area contributed by atoms with E-state index < -0.39 is 4.92 Å². The van der Waals surface area contributed by atoms with Crippen molar-refractivity contribution in [2.45, 2.75) is 6.92 Å². The van der Waals surface area contributed by atoms with Crippen LogP contribution < -0.4 is 4.90 Å². The van der Waals surface area contributed by atoms with Crippen LogP contribution >= 0.6 is 0 Å². The van der Waals surface area contributed by atoms with Gasteiger partial charge in [-0.2, -0.15) is 4.68 Å². The number of nitro benzene ring substituents is 1. The molecule has 3 heterocycles. The third-order valence-electron chi connectivity index (χ3n) is 5.91. The van der Waals surface area contributed by atoms with E-state index in [1.165, 1.54) is 24.5 Å². The largest absolute Gasteiger partial charge is 0.351 e. The number of hydrogen-bond donors (Lipinski definition) is 0. The lowest BCUT2D eigenvalue weighted by Crippen LogP contribution is -2.48. The van der Waals surface area contributed by atoms with Crippen molar-refractivity contribution in [2.24, 2.45) is 0 Å². The van der Waals surface area contributed by atoms with Gasteiger partial charge < -0.3 is 9.80 Å². The molecule has 4 aromatic rings. The summed E-state index contributed by atoms with van der Waals surface area (Å²) in [5, 5.41) is 19.4. The molecule has 11 nitrogen and oxygen atoms in total. The number of nitro groups is 1. The van der Waals surface area contributed by atoms with Crippen molar-refractivity contribution in [3.63, 3.8) is 0 Å². The third kappa shape index (κ3) is 4.56. The zero-order valence-electron chi connectivity index (χ0n) is 19.0. The minimum absolute atomic E-state index is 0.0160. The van der Waals surface area contributed by atoms with Crippen molar-refractivity contribution in [2.75, 3.05) is 31.1 Å². The van der Waals surface area contributed by atoms with Gasteiger partial charge in [0.2, 0.25) is 5.91 Å². The molecule has 0 saturated carbocycles. The molecule has 0 bridgehead atoms. The molecule has 1 amide bonds. The molecule has 1 aliphatic rings. The Morgan fingerprint density at radius 3 is 2.40 bits per heavy atom. The second-order valence-corrected chi connectivity index (χ2v) is 8.20. The molecule has 1 aliphatic heterocycles. The highest BCUT2D eigenvalue weighted by atomic mass is 16.6. The second-order valence-electron chi connectivity index (χ2n) is 8.20. The van der Waals surface area contributed by atoms with Crippen LogP contribution in [0.4, 0.5) is 11.5 Å². The van der Waals surface area contributed by atoms with E-state index in [-0.39, 0.29) is 11.6 Å². The summed E-state index contributed by atoms with van der Waals surface area (Å²) in [4.78, 5) is 35.7. The predicted molar refractivity (Wildman–Crippen MR) is 130 cm³/mol. The van der Waals surface area contributed by atoms with Crippen molar-refractivity contribution < 1.29 is 9.72 Å². The summed E-state index contributed by atoms with van der Waals surface area (Å²) >= 11 is 0. The average molecular weight is 470 g/mol. The van der Waals surface area contributed by atoms with Crippen LogP contribution in [0, 0.1) is 17.0 Å². The van der Waals surface area contributed by atoms with Crippen molar-refractivity contribution >= 4 is 34.7 Å². The zero-order valence-corrected chi connectivity index (χ0v) is 19.0. The number of anilines is 1. The van der Waals surface area contributed by atoms with Gasteiger partial charge >= 0.3 is 0 Å². The monoisotopic (exact) mass is 470 g/mol. The lowest BCUT2D eigenvalue weighted by Gasteiger charge is -2.34. The highest BCUT2D eigenvalue weighted by Crippen LogP contribution is 2.24. The first kappa shape index (κ1) is 22.1. The maximum Gasteiger partial charge on any atom is 0.269 e. The number of benzene rings is 2.